The lowest BCUT2D eigenvalue weighted by atomic mass is 10.1. The second kappa shape index (κ2) is 3.63. The smallest absolute Gasteiger partial charge is 0.180 e. The predicted octanol–water partition coefficient (Wildman–Crippen LogP) is 0.986. The fourth-order valence-corrected chi connectivity index (χ4v) is 2.16. The van der Waals surface area contributed by atoms with Crippen LogP contribution in [0.3, 0.4) is 0 Å². The maximum atomic E-state index is 9.94. The van der Waals surface area contributed by atoms with Crippen molar-refractivity contribution in [1.82, 2.24) is 15.0 Å². The Morgan fingerprint density at radius 1 is 1.29 bits per heavy atom. The number of fused-ring (bicyclic) bond motifs is 1. The van der Waals surface area contributed by atoms with Crippen molar-refractivity contribution in [2.75, 3.05) is 18.0 Å². The van der Waals surface area contributed by atoms with Crippen molar-refractivity contribution in [2.24, 2.45) is 0 Å². The first-order valence-electron chi connectivity index (χ1n) is 5.69. The molecule has 1 N–H and O–H groups in total. The number of aromatic nitrogens is 3. The van der Waals surface area contributed by atoms with Crippen LogP contribution in [0.1, 0.15) is 13.3 Å². The Kier molecular flexibility index (Phi) is 2.22. The molecule has 0 bridgehead atoms. The van der Waals surface area contributed by atoms with Crippen molar-refractivity contribution < 1.29 is 5.11 Å². The molecule has 0 aromatic carbocycles. The minimum Gasteiger partial charge on any atom is -0.388 e. The quantitative estimate of drug-likeness (QED) is 0.791. The van der Waals surface area contributed by atoms with Crippen molar-refractivity contribution in [1.29, 1.82) is 0 Å². The van der Waals surface area contributed by atoms with Crippen molar-refractivity contribution in [3.05, 3.63) is 24.5 Å². The molecule has 1 aliphatic heterocycles. The van der Waals surface area contributed by atoms with Gasteiger partial charge in [0, 0.05) is 25.5 Å². The van der Waals surface area contributed by atoms with Crippen molar-refractivity contribution in [3.63, 3.8) is 0 Å². The normalized spacial score (nSPS) is 24.5. The zero-order valence-corrected chi connectivity index (χ0v) is 9.67. The third-order valence-electron chi connectivity index (χ3n) is 3.09. The summed E-state index contributed by atoms with van der Waals surface area (Å²) in [5.74, 6) is 0.857. The summed E-state index contributed by atoms with van der Waals surface area (Å²) in [6.07, 6.45) is 4.07. The van der Waals surface area contributed by atoms with Gasteiger partial charge in [0.1, 0.15) is 11.3 Å². The van der Waals surface area contributed by atoms with Crippen LogP contribution in [0.15, 0.2) is 24.5 Å². The zero-order valence-electron chi connectivity index (χ0n) is 9.67. The molecule has 5 heteroatoms. The van der Waals surface area contributed by atoms with Gasteiger partial charge in [-0.3, -0.25) is 4.98 Å². The number of β-amino-alcohol motifs (C(OH)–C–C–N with tert-alkyl or cyclic N) is 1. The van der Waals surface area contributed by atoms with E-state index in [9.17, 15) is 5.11 Å². The Morgan fingerprint density at radius 2 is 2.12 bits per heavy atom. The summed E-state index contributed by atoms with van der Waals surface area (Å²) in [5.41, 5.74) is 0.831. The highest BCUT2D eigenvalue weighted by molar-refractivity contribution is 5.71. The molecule has 3 rings (SSSR count). The molecule has 2 aromatic rings. The maximum Gasteiger partial charge on any atom is 0.180 e. The van der Waals surface area contributed by atoms with Gasteiger partial charge in [-0.05, 0) is 25.5 Å². The molecule has 1 saturated heterocycles. The van der Waals surface area contributed by atoms with Gasteiger partial charge in [0.2, 0.25) is 0 Å². The molecule has 5 nitrogen and oxygen atoms in total. The molecule has 0 aliphatic carbocycles. The van der Waals surface area contributed by atoms with Gasteiger partial charge in [0.15, 0.2) is 5.65 Å². The van der Waals surface area contributed by atoms with Crippen LogP contribution in [0.5, 0.6) is 0 Å². The lowest BCUT2D eigenvalue weighted by Crippen LogP contribution is -2.29. The average molecular weight is 230 g/mol. The Balaban J connectivity index is 1.96. The molecule has 0 amide bonds. The number of aliphatic hydroxyl groups is 1. The van der Waals surface area contributed by atoms with Crippen LogP contribution in [0.2, 0.25) is 0 Å². The third-order valence-corrected chi connectivity index (χ3v) is 3.09. The molecule has 88 valence electrons. The highest BCUT2D eigenvalue weighted by atomic mass is 16.3. The van der Waals surface area contributed by atoms with Crippen LogP contribution in [0.4, 0.5) is 5.82 Å². The van der Waals surface area contributed by atoms with Crippen molar-refractivity contribution >= 4 is 17.0 Å². The first-order valence-corrected chi connectivity index (χ1v) is 5.69. The van der Waals surface area contributed by atoms with Crippen LogP contribution in [0, 0.1) is 0 Å². The van der Waals surface area contributed by atoms with E-state index in [-0.39, 0.29) is 0 Å². The summed E-state index contributed by atoms with van der Waals surface area (Å²) in [4.78, 5) is 14.9. The van der Waals surface area contributed by atoms with Crippen LogP contribution in [-0.4, -0.2) is 38.7 Å². The van der Waals surface area contributed by atoms with Gasteiger partial charge in [-0.2, -0.15) is 0 Å². The summed E-state index contributed by atoms with van der Waals surface area (Å²) in [5, 5.41) is 9.94. The second-order valence-corrected chi connectivity index (χ2v) is 4.74. The van der Waals surface area contributed by atoms with E-state index < -0.39 is 5.60 Å². The topological polar surface area (TPSA) is 62.1 Å². The van der Waals surface area contributed by atoms with Gasteiger partial charge >= 0.3 is 0 Å². The minimum absolute atomic E-state index is 0.612. The van der Waals surface area contributed by atoms with Gasteiger partial charge in [-0.1, -0.05) is 0 Å². The van der Waals surface area contributed by atoms with E-state index in [1.807, 2.05) is 19.1 Å². The number of pyridine rings is 1. The summed E-state index contributed by atoms with van der Waals surface area (Å²) in [7, 11) is 0. The molecule has 17 heavy (non-hydrogen) atoms. The molecule has 1 aliphatic rings. The molecule has 0 spiro atoms. The van der Waals surface area contributed by atoms with E-state index in [4.69, 9.17) is 0 Å². The SMILES string of the molecule is CC1(O)CCN(c2ccc3nccnc3n2)C1. The lowest BCUT2D eigenvalue weighted by molar-refractivity contribution is 0.0839. The number of rotatable bonds is 1. The van der Waals surface area contributed by atoms with Crippen LogP contribution in [0.25, 0.3) is 11.2 Å². The highest BCUT2D eigenvalue weighted by Gasteiger charge is 2.31. The number of nitrogens with zero attached hydrogens (tertiary/aromatic N) is 4. The molecule has 0 radical (unpaired) electrons. The molecule has 3 heterocycles. The van der Waals surface area contributed by atoms with E-state index in [1.54, 1.807) is 12.4 Å². The van der Waals surface area contributed by atoms with Crippen LogP contribution in [-0.2, 0) is 0 Å². The number of anilines is 1. The van der Waals surface area contributed by atoms with E-state index in [0.717, 1.165) is 24.3 Å². The van der Waals surface area contributed by atoms with E-state index in [0.29, 0.717) is 12.2 Å². The van der Waals surface area contributed by atoms with Gasteiger partial charge in [-0.15, -0.1) is 0 Å². The largest absolute Gasteiger partial charge is 0.388 e. The fourth-order valence-electron chi connectivity index (χ4n) is 2.16. The monoisotopic (exact) mass is 230 g/mol. The summed E-state index contributed by atoms with van der Waals surface area (Å²) in [6, 6.07) is 3.84. The second-order valence-electron chi connectivity index (χ2n) is 4.74. The molecule has 1 unspecified atom stereocenters. The average Bonchev–Trinajstić information content (AvgIpc) is 2.69. The van der Waals surface area contributed by atoms with Crippen LogP contribution >= 0.6 is 0 Å². The number of hydrogen-bond acceptors (Lipinski definition) is 5. The molecule has 2 aromatic heterocycles. The zero-order chi connectivity index (χ0) is 11.9. The van der Waals surface area contributed by atoms with E-state index in [1.165, 1.54) is 0 Å². The Morgan fingerprint density at radius 3 is 2.88 bits per heavy atom. The molecule has 1 fully saturated rings. The van der Waals surface area contributed by atoms with E-state index in [2.05, 4.69) is 19.9 Å². The Hall–Kier alpha value is -1.75. The molecule has 0 saturated carbocycles. The first kappa shape index (κ1) is 10.4. The minimum atomic E-state index is -0.612. The van der Waals surface area contributed by atoms with Gasteiger partial charge in [0.25, 0.3) is 0 Å². The van der Waals surface area contributed by atoms with Gasteiger partial charge in [0.05, 0.1) is 5.60 Å². The third kappa shape index (κ3) is 1.93. The predicted molar refractivity (Wildman–Crippen MR) is 64.8 cm³/mol. The molecular formula is C12H14N4O. The first-order chi connectivity index (χ1) is 8.14. The van der Waals surface area contributed by atoms with Gasteiger partial charge < -0.3 is 10.0 Å². The standard InChI is InChI=1S/C12H14N4O/c1-12(17)4-7-16(8-12)10-3-2-9-11(15-10)14-6-5-13-9/h2-3,5-6,17H,4,7-8H2,1H3. The lowest BCUT2D eigenvalue weighted by Gasteiger charge is -2.19. The maximum absolute atomic E-state index is 9.94. The van der Waals surface area contributed by atoms with Crippen LogP contribution < -0.4 is 4.90 Å². The summed E-state index contributed by atoms with van der Waals surface area (Å²) < 4.78 is 0. The fraction of sp³-hybridized carbons (Fsp3) is 0.417. The molecule has 1 atom stereocenters. The van der Waals surface area contributed by atoms with Gasteiger partial charge in [-0.25, -0.2) is 9.97 Å². The summed E-state index contributed by atoms with van der Waals surface area (Å²) in [6.45, 7) is 3.30. The van der Waals surface area contributed by atoms with E-state index >= 15 is 0 Å². The highest BCUT2D eigenvalue weighted by Crippen LogP contribution is 2.25. The van der Waals surface area contributed by atoms with Crippen molar-refractivity contribution in [3.8, 4) is 0 Å². The Bertz CT molecular complexity index is 555. The van der Waals surface area contributed by atoms with Crippen molar-refractivity contribution in [2.45, 2.75) is 18.9 Å². The molecular weight excluding hydrogens is 216 g/mol. The number of hydrogen-bond donors (Lipinski definition) is 1. The summed E-state index contributed by atoms with van der Waals surface area (Å²) >= 11 is 0. The Labute approximate surface area is 99.1 Å².